The molecule has 8 heteroatoms. The van der Waals surface area contributed by atoms with E-state index in [1.54, 1.807) is 12.0 Å². The van der Waals surface area contributed by atoms with Crippen molar-refractivity contribution in [2.24, 2.45) is 0 Å². The number of para-hydroxylation sites is 1. The van der Waals surface area contributed by atoms with E-state index in [4.69, 9.17) is 9.26 Å². The highest BCUT2D eigenvalue weighted by atomic mass is 16.5. The fourth-order valence-corrected chi connectivity index (χ4v) is 3.13. The van der Waals surface area contributed by atoms with Gasteiger partial charge in [-0.3, -0.25) is 9.78 Å². The first-order valence-electron chi connectivity index (χ1n) is 8.32. The molecule has 3 heterocycles. The standard InChI is InChI=1S/C18H17N5O3/c1-25-15-7-3-2-5-12(15)16-21-17(26-22-16)14-6-4-10-23(14)18(24)13-11-19-8-9-20-13/h2-3,5,7-9,11,14H,4,6,10H2,1H3. The largest absolute Gasteiger partial charge is 0.496 e. The van der Waals surface area contributed by atoms with E-state index < -0.39 is 0 Å². The Balaban J connectivity index is 1.61. The molecule has 0 bridgehead atoms. The molecule has 1 atom stereocenters. The van der Waals surface area contributed by atoms with E-state index in [-0.39, 0.29) is 11.9 Å². The lowest BCUT2D eigenvalue weighted by molar-refractivity contribution is 0.0703. The number of hydrogen-bond acceptors (Lipinski definition) is 7. The zero-order valence-corrected chi connectivity index (χ0v) is 14.2. The van der Waals surface area contributed by atoms with E-state index in [1.165, 1.54) is 18.6 Å². The van der Waals surface area contributed by atoms with Gasteiger partial charge in [0.2, 0.25) is 11.7 Å². The molecule has 0 radical (unpaired) electrons. The van der Waals surface area contributed by atoms with E-state index in [2.05, 4.69) is 20.1 Å². The van der Waals surface area contributed by atoms with Gasteiger partial charge in [-0.25, -0.2) is 4.98 Å². The average molecular weight is 351 g/mol. The smallest absolute Gasteiger partial charge is 0.274 e. The van der Waals surface area contributed by atoms with Crippen LogP contribution in [0.15, 0.2) is 47.4 Å². The normalized spacial score (nSPS) is 16.7. The molecule has 0 aliphatic carbocycles. The summed E-state index contributed by atoms with van der Waals surface area (Å²) in [4.78, 5) is 27.0. The van der Waals surface area contributed by atoms with Gasteiger partial charge in [0, 0.05) is 18.9 Å². The number of rotatable bonds is 4. The molecule has 1 saturated heterocycles. The van der Waals surface area contributed by atoms with Crippen LogP contribution in [0.5, 0.6) is 5.75 Å². The fraction of sp³-hybridized carbons (Fsp3) is 0.278. The lowest BCUT2D eigenvalue weighted by atomic mass is 10.2. The number of hydrogen-bond donors (Lipinski definition) is 0. The van der Waals surface area contributed by atoms with Gasteiger partial charge < -0.3 is 14.2 Å². The molecule has 0 spiro atoms. The fourth-order valence-electron chi connectivity index (χ4n) is 3.13. The summed E-state index contributed by atoms with van der Waals surface area (Å²) >= 11 is 0. The molecule has 1 aliphatic rings. The van der Waals surface area contributed by atoms with Crippen LogP contribution in [-0.2, 0) is 0 Å². The minimum absolute atomic E-state index is 0.183. The van der Waals surface area contributed by atoms with Gasteiger partial charge in [-0.2, -0.15) is 4.98 Å². The predicted molar refractivity (Wildman–Crippen MR) is 91.3 cm³/mol. The minimum atomic E-state index is -0.263. The zero-order valence-electron chi connectivity index (χ0n) is 14.2. The molecule has 1 unspecified atom stereocenters. The van der Waals surface area contributed by atoms with Crippen molar-refractivity contribution < 1.29 is 14.1 Å². The Labute approximate surface area is 149 Å². The van der Waals surface area contributed by atoms with E-state index in [9.17, 15) is 4.79 Å². The third kappa shape index (κ3) is 2.90. The van der Waals surface area contributed by atoms with Crippen molar-refractivity contribution >= 4 is 5.91 Å². The van der Waals surface area contributed by atoms with Crippen molar-refractivity contribution in [1.82, 2.24) is 25.0 Å². The van der Waals surface area contributed by atoms with E-state index in [0.29, 0.717) is 29.7 Å². The van der Waals surface area contributed by atoms with Crippen molar-refractivity contribution in [2.45, 2.75) is 18.9 Å². The summed E-state index contributed by atoms with van der Waals surface area (Å²) in [5.41, 5.74) is 1.05. The molecule has 1 amide bonds. The topological polar surface area (TPSA) is 94.2 Å². The van der Waals surface area contributed by atoms with Crippen LogP contribution >= 0.6 is 0 Å². The summed E-state index contributed by atoms with van der Waals surface area (Å²) in [6.07, 6.45) is 6.13. The summed E-state index contributed by atoms with van der Waals surface area (Å²) < 4.78 is 10.8. The van der Waals surface area contributed by atoms with Gasteiger partial charge >= 0.3 is 0 Å². The Morgan fingerprint density at radius 1 is 1.31 bits per heavy atom. The van der Waals surface area contributed by atoms with Gasteiger partial charge in [-0.1, -0.05) is 17.3 Å². The van der Waals surface area contributed by atoms with Gasteiger partial charge in [0.1, 0.15) is 17.5 Å². The van der Waals surface area contributed by atoms with Crippen LogP contribution in [0.3, 0.4) is 0 Å². The molecular formula is C18H17N5O3. The summed E-state index contributed by atoms with van der Waals surface area (Å²) in [6.45, 7) is 0.618. The van der Waals surface area contributed by atoms with Gasteiger partial charge in [-0.05, 0) is 25.0 Å². The highest BCUT2D eigenvalue weighted by Gasteiger charge is 2.35. The minimum Gasteiger partial charge on any atom is -0.496 e. The molecule has 26 heavy (non-hydrogen) atoms. The predicted octanol–water partition coefficient (Wildman–Crippen LogP) is 2.51. The van der Waals surface area contributed by atoms with E-state index >= 15 is 0 Å². The molecule has 2 aromatic heterocycles. The van der Waals surface area contributed by atoms with Crippen molar-refractivity contribution in [2.75, 3.05) is 13.7 Å². The molecule has 132 valence electrons. The Hall–Kier alpha value is -3.29. The average Bonchev–Trinajstić information content (AvgIpc) is 3.37. The number of likely N-dealkylation sites (tertiary alicyclic amines) is 1. The highest BCUT2D eigenvalue weighted by molar-refractivity contribution is 5.92. The maximum atomic E-state index is 12.7. The van der Waals surface area contributed by atoms with Crippen molar-refractivity contribution in [3.05, 3.63) is 54.4 Å². The first-order valence-corrected chi connectivity index (χ1v) is 8.32. The maximum Gasteiger partial charge on any atom is 0.274 e. The Bertz CT molecular complexity index is 912. The van der Waals surface area contributed by atoms with E-state index in [0.717, 1.165) is 18.4 Å². The van der Waals surface area contributed by atoms with Gasteiger partial charge in [0.05, 0.1) is 18.9 Å². The number of carbonyl (C=O) groups is 1. The molecule has 0 N–H and O–H groups in total. The number of nitrogens with zero attached hydrogens (tertiary/aromatic N) is 5. The molecule has 1 aliphatic heterocycles. The van der Waals surface area contributed by atoms with E-state index in [1.807, 2.05) is 24.3 Å². The summed E-state index contributed by atoms with van der Waals surface area (Å²) in [6, 6.07) is 7.20. The molecule has 1 fully saturated rings. The number of methoxy groups -OCH3 is 1. The first kappa shape index (κ1) is 16.2. The number of ether oxygens (including phenoxy) is 1. The third-order valence-corrected chi connectivity index (χ3v) is 4.37. The Morgan fingerprint density at radius 2 is 2.19 bits per heavy atom. The molecule has 0 saturated carbocycles. The highest BCUT2D eigenvalue weighted by Crippen LogP contribution is 2.34. The maximum absolute atomic E-state index is 12.7. The van der Waals surface area contributed by atoms with Crippen LogP contribution in [0.4, 0.5) is 0 Å². The van der Waals surface area contributed by atoms with Crippen molar-refractivity contribution in [3.63, 3.8) is 0 Å². The number of benzene rings is 1. The zero-order chi connectivity index (χ0) is 17.9. The molecular weight excluding hydrogens is 334 g/mol. The van der Waals surface area contributed by atoms with Gasteiger partial charge in [-0.15, -0.1) is 0 Å². The monoisotopic (exact) mass is 351 g/mol. The molecule has 8 nitrogen and oxygen atoms in total. The van der Waals surface area contributed by atoms with Crippen LogP contribution in [0, 0.1) is 0 Å². The number of amides is 1. The molecule has 3 aromatic rings. The van der Waals surface area contributed by atoms with Gasteiger partial charge in [0.15, 0.2) is 0 Å². The molecule has 1 aromatic carbocycles. The van der Waals surface area contributed by atoms with Crippen molar-refractivity contribution in [3.8, 4) is 17.1 Å². The summed E-state index contributed by atoms with van der Waals surface area (Å²) in [5.74, 6) is 1.34. The quantitative estimate of drug-likeness (QED) is 0.713. The second kappa shape index (κ2) is 6.91. The summed E-state index contributed by atoms with van der Waals surface area (Å²) in [7, 11) is 1.60. The number of aromatic nitrogens is 4. The molecule has 4 rings (SSSR count). The summed E-state index contributed by atoms with van der Waals surface area (Å²) in [5, 5.41) is 4.07. The SMILES string of the molecule is COc1ccccc1-c1noc(C2CCCN2C(=O)c2cnccn2)n1. The Kier molecular flexibility index (Phi) is 4.30. The second-order valence-corrected chi connectivity index (χ2v) is 5.90. The third-order valence-electron chi connectivity index (χ3n) is 4.37. The number of carbonyl (C=O) groups excluding carboxylic acids is 1. The lowest BCUT2D eigenvalue weighted by Crippen LogP contribution is -2.31. The first-order chi connectivity index (χ1) is 12.8. The van der Waals surface area contributed by atoms with Crippen LogP contribution in [0.1, 0.15) is 35.3 Å². The van der Waals surface area contributed by atoms with Crippen LogP contribution in [-0.4, -0.2) is 44.6 Å². The Morgan fingerprint density at radius 3 is 3.00 bits per heavy atom. The van der Waals surface area contributed by atoms with Crippen molar-refractivity contribution in [1.29, 1.82) is 0 Å². The second-order valence-electron chi connectivity index (χ2n) is 5.90. The van der Waals surface area contributed by atoms with Crippen LogP contribution in [0.25, 0.3) is 11.4 Å². The lowest BCUT2D eigenvalue weighted by Gasteiger charge is -2.21. The van der Waals surface area contributed by atoms with Crippen LogP contribution < -0.4 is 4.74 Å². The van der Waals surface area contributed by atoms with Crippen LogP contribution in [0.2, 0.25) is 0 Å². The van der Waals surface area contributed by atoms with Gasteiger partial charge in [0.25, 0.3) is 5.91 Å².